The fraction of sp³-hybridized carbons (Fsp3) is 0.905. The van der Waals surface area contributed by atoms with E-state index in [9.17, 15) is 19.8 Å². The van der Waals surface area contributed by atoms with Crippen LogP contribution in [-0.2, 0) is 14.3 Å². The summed E-state index contributed by atoms with van der Waals surface area (Å²) in [7, 11) is 0. The van der Waals surface area contributed by atoms with Gasteiger partial charge in [0, 0.05) is 12.8 Å². The monoisotopic (exact) mass is 1260 g/mol. The summed E-state index contributed by atoms with van der Waals surface area (Å²) in [6.07, 6.45) is 104. The highest BCUT2D eigenvalue weighted by molar-refractivity contribution is 5.76. The average molecular weight is 1270 g/mol. The highest BCUT2D eigenvalue weighted by atomic mass is 16.5. The van der Waals surface area contributed by atoms with Crippen molar-refractivity contribution in [3.63, 3.8) is 0 Å². The number of carbonyl (C=O) groups excluding carboxylic acids is 2. The molecule has 0 rings (SSSR count). The van der Waals surface area contributed by atoms with E-state index in [0.717, 1.165) is 51.4 Å². The summed E-state index contributed by atoms with van der Waals surface area (Å²) in [5.74, 6) is -0.0138. The fourth-order valence-corrected chi connectivity index (χ4v) is 13.1. The summed E-state index contributed by atoms with van der Waals surface area (Å²) in [6, 6.07) is -0.540. The van der Waals surface area contributed by atoms with Crippen LogP contribution in [0.25, 0.3) is 0 Å². The third-order valence-corrected chi connectivity index (χ3v) is 19.4. The van der Waals surface area contributed by atoms with Crippen molar-refractivity contribution in [2.75, 3.05) is 13.2 Å². The molecule has 0 spiro atoms. The molecule has 90 heavy (non-hydrogen) atoms. The lowest BCUT2D eigenvalue weighted by atomic mass is 10.0. The molecule has 0 saturated heterocycles. The van der Waals surface area contributed by atoms with Crippen LogP contribution in [0.5, 0.6) is 0 Å². The van der Waals surface area contributed by atoms with Crippen molar-refractivity contribution in [2.24, 2.45) is 0 Å². The molecule has 2 atom stereocenters. The van der Waals surface area contributed by atoms with Crippen molar-refractivity contribution < 1.29 is 24.5 Å². The molecule has 0 saturated carbocycles. The largest absolute Gasteiger partial charge is 0.466 e. The Kier molecular flexibility index (Phi) is 77.8. The number of aliphatic hydroxyl groups excluding tert-OH is 2. The van der Waals surface area contributed by atoms with E-state index in [1.807, 2.05) is 0 Å². The molecule has 0 aromatic heterocycles. The molecule has 0 radical (unpaired) electrons. The maximum absolute atomic E-state index is 12.6. The number of nitrogens with one attached hydrogen (secondary N) is 1. The minimum absolute atomic E-state index is 0.0137. The minimum Gasteiger partial charge on any atom is -0.466 e. The van der Waals surface area contributed by atoms with Gasteiger partial charge in [0.2, 0.25) is 5.91 Å². The second-order valence-corrected chi connectivity index (χ2v) is 28.5. The van der Waals surface area contributed by atoms with Crippen molar-refractivity contribution in [1.82, 2.24) is 5.32 Å². The lowest BCUT2D eigenvalue weighted by Gasteiger charge is -2.22. The summed E-state index contributed by atoms with van der Waals surface area (Å²) in [5.41, 5.74) is 0. The second-order valence-electron chi connectivity index (χ2n) is 28.5. The molecule has 0 aromatic carbocycles. The van der Waals surface area contributed by atoms with E-state index in [1.54, 1.807) is 0 Å². The number of esters is 1. The van der Waals surface area contributed by atoms with Gasteiger partial charge in [-0.25, -0.2) is 0 Å². The van der Waals surface area contributed by atoms with E-state index in [-0.39, 0.29) is 18.5 Å². The zero-order valence-corrected chi connectivity index (χ0v) is 61.1. The fourth-order valence-electron chi connectivity index (χ4n) is 13.1. The summed E-state index contributed by atoms with van der Waals surface area (Å²) >= 11 is 0. The molecule has 6 nitrogen and oxygen atoms in total. The van der Waals surface area contributed by atoms with Gasteiger partial charge in [-0.1, -0.05) is 403 Å². The van der Waals surface area contributed by atoms with Gasteiger partial charge in [-0.15, -0.1) is 0 Å². The molecule has 0 aliphatic carbocycles. The molecule has 532 valence electrons. The molecule has 1 amide bonds. The molecule has 3 N–H and O–H groups in total. The number of unbranched alkanes of at least 4 members (excludes halogenated alkanes) is 61. The Balaban J connectivity index is 3.35. The van der Waals surface area contributed by atoms with Gasteiger partial charge in [-0.3, -0.25) is 9.59 Å². The van der Waals surface area contributed by atoms with Crippen LogP contribution in [-0.4, -0.2) is 47.4 Å². The molecule has 0 aromatic rings. The molecule has 0 bridgehead atoms. The van der Waals surface area contributed by atoms with Crippen LogP contribution in [0.1, 0.15) is 463 Å². The van der Waals surface area contributed by atoms with Gasteiger partial charge < -0.3 is 20.3 Å². The minimum atomic E-state index is -0.663. The zero-order chi connectivity index (χ0) is 64.9. The lowest BCUT2D eigenvalue weighted by molar-refractivity contribution is -0.143. The van der Waals surface area contributed by atoms with Crippen molar-refractivity contribution in [2.45, 2.75) is 475 Å². The summed E-state index contributed by atoms with van der Waals surface area (Å²) < 4.78 is 5.50. The number of rotatable bonds is 78. The number of amides is 1. The first-order chi connectivity index (χ1) is 44.5. The highest BCUT2D eigenvalue weighted by Gasteiger charge is 2.20. The van der Waals surface area contributed by atoms with E-state index in [4.69, 9.17) is 4.74 Å². The van der Waals surface area contributed by atoms with Crippen molar-refractivity contribution in [3.05, 3.63) is 36.5 Å². The molecule has 0 fully saturated rings. The summed E-state index contributed by atoms with van der Waals surface area (Å²) in [5, 5.41) is 23.4. The standard InChI is InChI=1S/C84H161NO5/c1-3-5-7-9-11-13-15-17-19-21-45-48-52-56-60-64-68-72-76-82(87)81(80-86)85-83(88)77-73-69-65-61-57-53-49-46-43-41-39-37-35-33-31-29-27-25-23-22-24-26-28-30-32-34-36-38-40-42-44-47-51-55-59-63-67-71-75-79-90-84(89)78-74-70-66-62-58-54-50-20-18-16-14-12-10-8-6-4-2/h20,22-23,26,28,50,81-82,86-87H,3-19,21,24-25,27,29-49,51-80H2,1-2H3,(H,85,88)/b23-22-,28-26-,50-20-. The van der Waals surface area contributed by atoms with Crippen LogP contribution in [0.3, 0.4) is 0 Å². The molecular formula is C84H161NO5. The van der Waals surface area contributed by atoms with E-state index >= 15 is 0 Å². The quantitative estimate of drug-likeness (QED) is 0.0320. The number of aliphatic hydroxyl groups is 2. The topological polar surface area (TPSA) is 95.9 Å². The number of hydrogen-bond donors (Lipinski definition) is 3. The van der Waals surface area contributed by atoms with Crippen LogP contribution in [0.4, 0.5) is 0 Å². The Morgan fingerprint density at radius 2 is 0.556 bits per heavy atom. The van der Waals surface area contributed by atoms with Crippen LogP contribution in [0.2, 0.25) is 0 Å². The Hall–Kier alpha value is -1.92. The lowest BCUT2D eigenvalue weighted by Crippen LogP contribution is -2.45. The van der Waals surface area contributed by atoms with E-state index in [2.05, 4.69) is 55.6 Å². The molecule has 0 heterocycles. The smallest absolute Gasteiger partial charge is 0.305 e. The number of ether oxygens (including phenoxy) is 1. The van der Waals surface area contributed by atoms with Gasteiger partial charge in [0.15, 0.2) is 0 Å². The number of carbonyl (C=O) groups is 2. The SMILES string of the molecule is CCCCCCCCC/C=C\CCCCCCCC(=O)OCCCCCCCCCCCCCCCCC/C=C\C/C=C\CCCCCCCCCCCCCCCCCCCC(=O)NC(CO)C(O)CCCCCCCCCCCCCCCCCCCC. The molecule has 2 unspecified atom stereocenters. The second kappa shape index (κ2) is 79.5. The third-order valence-electron chi connectivity index (χ3n) is 19.4. The number of allylic oxidation sites excluding steroid dienone is 6. The Labute approximate surface area is 564 Å². The Bertz CT molecular complexity index is 1460. The van der Waals surface area contributed by atoms with E-state index in [0.29, 0.717) is 25.9 Å². The Morgan fingerprint density at radius 1 is 0.311 bits per heavy atom. The van der Waals surface area contributed by atoms with Gasteiger partial charge in [0.1, 0.15) is 0 Å². The first-order valence-electron chi connectivity index (χ1n) is 41.2. The van der Waals surface area contributed by atoms with E-state index < -0.39 is 12.1 Å². The maximum Gasteiger partial charge on any atom is 0.305 e. The summed E-state index contributed by atoms with van der Waals surface area (Å²) in [6.45, 7) is 5.00. The third kappa shape index (κ3) is 75.1. The normalized spacial score (nSPS) is 12.6. The van der Waals surface area contributed by atoms with Crippen molar-refractivity contribution in [3.8, 4) is 0 Å². The van der Waals surface area contributed by atoms with Crippen LogP contribution >= 0.6 is 0 Å². The maximum atomic E-state index is 12.6. The first kappa shape index (κ1) is 88.1. The molecule has 0 aliphatic heterocycles. The number of hydrogen-bond acceptors (Lipinski definition) is 5. The predicted molar refractivity (Wildman–Crippen MR) is 398 cm³/mol. The van der Waals surface area contributed by atoms with Gasteiger partial charge in [-0.05, 0) is 83.5 Å². The van der Waals surface area contributed by atoms with Gasteiger partial charge in [0.05, 0.1) is 25.4 Å². The Morgan fingerprint density at radius 3 is 0.856 bits per heavy atom. The first-order valence-corrected chi connectivity index (χ1v) is 41.2. The van der Waals surface area contributed by atoms with Crippen LogP contribution in [0, 0.1) is 0 Å². The van der Waals surface area contributed by atoms with Gasteiger partial charge in [0.25, 0.3) is 0 Å². The van der Waals surface area contributed by atoms with Gasteiger partial charge in [-0.2, -0.15) is 0 Å². The molecule has 6 heteroatoms. The predicted octanol–water partition coefficient (Wildman–Crippen LogP) is 27.4. The zero-order valence-electron chi connectivity index (χ0n) is 61.1. The van der Waals surface area contributed by atoms with Crippen LogP contribution in [0.15, 0.2) is 36.5 Å². The van der Waals surface area contributed by atoms with Crippen molar-refractivity contribution >= 4 is 11.9 Å². The molecular weight excluding hydrogens is 1100 g/mol. The van der Waals surface area contributed by atoms with Crippen LogP contribution < -0.4 is 5.32 Å². The van der Waals surface area contributed by atoms with E-state index in [1.165, 1.54) is 379 Å². The highest BCUT2D eigenvalue weighted by Crippen LogP contribution is 2.20. The van der Waals surface area contributed by atoms with Gasteiger partial charge >= 0.3 is 5.97 Å². The molecule has 0 aliphatic rings. The summed E-state index contributed by atoms with van der Waals surface area (Å²) in [4.78, 5) is 24.6. The van der Waals surface area contributed by atoms with Crippen molar-refractivity contribution in [1.29, 1.82) is 0 Å². The average Bonchev–Trinajstić information content (AvgIpc) is 3.68.